The lowest BCUT2D eigenvalue weighted by Gasteiger charge is -2.20. The minimum Gasteiger partial charge on any atom is -0.429 e. The molecule has 0 heterocycles. The second-order valence-corrected chi connectivity index (χ2v) is 8.86. The SMILES string of the molecule is CCCCCc1ccc(-c2ccc(-c3cc(F)c(C(F)(F)Oc4ccc(F)c(F)c4)c(F)c3)c(F)c2)cc1. The smallest absolute Gasteiger partial charge is 0.429 e. The van der Waals surface area contributed by atoms with Crippen molar-refractivity contribution in [2.75, 3.05) is 0 Å². The lowest BCUT2D eigenvalue weighted by Crippen LogP contribution is -2.25. The van der Waals surface area contributed by atoms with Crippen LogP contribution in [0.25, 0.3) is 22.3 Å². The first-order valence-corrected chi connectivity index (χ1v) is 12.0. The van der Waals surface area contributed by atoms with Crippen molar-refractivity contribution in [2.45, 2.75) is 38.7 Å². The minimum absolute atomic E-state index is 0.195. The van der Waals surface area contributed by atoms with Crippen molar-refractivity contribution in [1.82, 2.24) is 0 Å². The first kappa shape index (κ1) is 27.2. The van der Waals surface area contributed by atoms with Crippen LogP contribution in [-0.2, 0) is 12.5 Å². The average molecular weight is 532 g/mol. The van der Waals surface area contributed by atoms with Crippen LogP contribution in [0.4, 0.5) is 30.7 Å². The van der Waals surface area contributed by atoms with Gasteiger partial charge >= 0.3 is 6.11 Å². The molecule has 0 unspecified atom stereocenters. The van der Waals surface area contributed by atoms with Crippen molar-refractivity contribution in [3.8, 4) is 28.0 Å². The molecule has 0 aliphatic carbocycles. The normalized spacial score (nSPS) is 11.6. The van der Waals surface area contributed by atoms with E-state index in [2.05, 4.69) is 11.7 Å². The van der Waals surface area contributed by atoms with Crippen molar-refractivity contribution in [3.63, 3.8) is 0 Å². The Balaban J connectivity index is 1.58. The van der Waals surface area contributed by atoms with Gasteiger partial charge in [-0.1, -0.05) is 56.2 Å². The van der Waals surface area contributed by atoms with E-state index in [0.29, 0.717) is 35.9 Å². The minimum atomic E-state index is -4.57. The predicted molar refractivity (Wildman–Crippen MR) is 131 cm³/mol. The molecule has 0 saturated heterocycles. The van der Waals surface area contributed by atoms with Gasteiger partial charge < -0.3 is 4.74 Å². The first-order valence-electron chi connectivity index (χ1n) is 12.0. The summed E-state index contributed by atoms with van der Waals surface area (Å²) in [5.41, 5.74) is 0.200. The largest absolute Gasteiger partial charge is 0.432 e. The number of hydrogen-bond donors (Lipinski definition) is 0. The number of rotatable bonds is 9. The van der Waals surface area contributed by atoms with Crippen LogP contribution >= 0.6 is 0 Å². The fourth-order valence-electron chi connectivity index (χ4n) is 4.12. The summed E-state index contributed by atoms with van der Waals surface area (Å²) >= 11 is 0. The number of unbranched alkanes of at least 4 members (excludes halogenated alkanes) is 2. The van der Waals surface area contributed by atoms with E-state index in [1.165, 1.54) is 12.1 Å². The van der Waals surface area contributed by atoms with E-state index >= 15 is 0 Å². The third kappa shape index (κ3) is 6.01. The van der Waals surface area contributed by atoms with Gasteiger partial charge in [-0.15, -0.1) is 0 Å². The number of ether oxygens (including phenoxy) is 1. The Kier molecular flexibility index (Phi) is 8.09. The summed E-state index contributed by atoms with van der Waals surface area (Å²) in [4.78, 5) is 0. The Labute approximate surface area is 215 Å². The fourth-order valence-corrected chi connectivity index (χ4v) is 4.12. The second-order valence-electron chi connectivity index (χ2n) is 8.86. The molecule has 0 amide bonds. The van der Waals surface area contributed by atoms with Crippen molar-refractivity contribution in [2.24, 2.45) is 0 Å². The van der Waals surface area contributed by atoms with Gasteiger partial charge in [0.05, 0.1) is 0 Å². The quantitative estimate of drug-likeness (QED) is 0.154. The van der Waals surface area contributed by atoms with Gasteiger partial charge in [0.15, 0.2) is 11.6 Å². The number of hydrogen-bond acceptors (Lipinski definition) is 1. The molecule has 8 heteroatoms. The zero-order valence-corrected chi connectivity index (χ0v) is 20.3. The molecule has 0 spiro atoms. The Morgan fingerprint density at radius 3 is 1.84 bits per heavy atom. The first-order chi connectivity index (χ1) is 18.1. The van der Waals surface area contributed by atoms with E-state index in [0.717, 1.165) is 36.8 Å². The van der Waals surface area contributed by atoms with Gasteiger partial charge in [-0.3, -0.25) is 0 Å². The third-order valence-electron chi connectivity index (χ3n) is 6.11. The molecular weight excluding hydrogens is 509 g/mol. The zero-order chi connectivity index (χ0) is 27.4. The van der Waals surface area contributed by atoms with Crippen LogP contribution in [0.15, 0.2) is 72.8 Å². The Morgan fingerprint density at radius 1 is 0.605 bits per heavy atom. The molecule has 1 nitrogen and oxygen atoms in total. The van der Waals surface area contributed by atoms with Crippen LogP contribution in [0.2, 0.25) is 0 Å². The summed E-state index contributed by atoms with van der Waals surface area (Å²) in [6, 6.07) is 14.4. The molecule has 0 bridgehead atoms. The molecule has 0 fully saturated rings. The van der Waals surface area contributed by atoms with E-state index < -0.39 is 46.5 Å². The molecule has 0 atom stereocenters. The molecule has 38 heavy (non-hydrogen) atoms. The highest BCUT2D eigenvalue weighted by Gasteiger charge is 2.41. The molecule has 0 aliphatic heterocycles. The summed E-state index contributed by atoms with van der Waals surface area (Å²) in [6.07, 6.45) is -0.293. The number of halogens is 7. The highest BCUT2D eigenvalue weighted by molar-refractivity contribution is 5.71. The van der Waals surface area contributed by atoms with E-state index in [-0.39, 0.29) is 11.1 Å². The van der Waals surface area contributed by atoms with Crippen LogP contribution < -0.4 is 4.74 Å². The molecule has 4 aromatic carbocycles. The molecule has 4 rings (SSSR count). The number of aryl methyl sites for hydroxylation is 1. The van der Waals surface area contributed by atoms with E-state index in [1.54, 1.807) is 6.07 Å². The van der Waals surface area contributed by atoms with Crippen molar-refractivity contribution >= 4 is 0 Å². The summed E-state index contributed by atoms with van der Waals surface area (Å²) < 4.78 is 104. The Hall–Kier alpha value is -3.81. The highest BCUT2D eigenvalue weighted by Crippen LogP contribution is 2.38. The molecular formula is C30H23F7O. The summed E-state index contributed by atoms with van der Waals surface area (Å²) in [5, 5.41) is 0. The van der Waals surface area contributed by atoms with Gasteiger partial charge in [0.2, 0.25) is 0 Å². The maximum atomic E-state index is 15.0. The average Bonchev–Trinajstić information content (AvgIpc) is 2.86. The maximum Gasteiger partial charge on any atom is 0.432 e. The van der Waals surface area contributed by atoms with Gasteiger partial charge in [0.1, 0.15) is 28.8 Å². The van der Waals surface area contributed by atoms with Crippen LogP contribution in [-0.4, -0.2) is 0 Å². The summed E-state index contributed by atoms with van der Waals surface area (Å²) in [5.74, 6) is -7.83. The molecule has 0 radical (unpaired) electrons. The lowest BCUT2D eigenvalue weighted by molar-refractivity contribution is -0.189. The fraction of sp³-hybridized carbons (Fsp3) is 0.200. The molecule has 0 saturated carbocycles. The lowest BCUT2D eigenvalue weighted by atomic mass is 9.97. The molecule has 4 aromatic rings. The van der Waals surface area contributed by atoms with Crippen molar-refractivity contribution in [1.29, 1.82) is 0 Å². The number of alkyl halides is 2. The highest BCUT2D eigenvalue weighted by atomic mass is 19.3. The number of benzene rings is 4. The van der Waals surface area contributed by atoms with E-state index in [1.807, 2.05) is 24.3 Å². The van der Waals surface area contributed by atoms with Gasteiger partial charge in [0, 0.05) is 11.6 Å². The molecule has 0 N–H and O–H groups in total. The van der Waals surface area contributed by atoms with Gasteiger partial charge in [-0.05, 0) is 65.4 Å². The van der Waals surface area contributed by atoms with Gasteiger partial charge in [-0.2, -0.15) is 8.78 Å². The Morgan fingerprint density at radius 2 is 1.24 bits per heavy atom. The van der Waals surface area contributed by atoms with Crippen molar-refractivity contribution < 1.29 is 35.5 Å². The third-order valence-corrected chi connectivity index (χ3v) is 6.11. The molecule has 0 aliphatic rings. The van der Waals surface area contributed by atoms with Gasteiger partial charge in [0.25, 0.3) is 0 Å². The standard InChI is InChI=1S/C30H23F7O/c1-2-3-4-5-18-6-8-19(9-7-18)20-10-12-23(25(32)14-20)21-15-27(34)29(28(35)16-21)30(36,37)38-22-11-13-24(31)26(33)17-22/h6-17H,2-5H2,1H3. The van der Waals surface area contributed by atoms with Crippen LogP contribution in [0, 0.1) is 29.1 Å². The second kappa shape index (κ2) is 11.3. The van der Waals surface area contributed by atoms with Gasteiger partial charge in [-0.25, -0.2) is 22.0 Å². The topological polar surface area (TPSA) is 9.23 Å². The maximum absolute atomic E-state index is 15.0. The van der Waals surface area contributed by atoms with Crippen LogP contribution in [0.1, 0.15) is 37.3 Å². The molecule has 0 aromatic heterocycles. The predicted octanol–water partition coefficient (Wildman–Crippen LogP) is 9.58. The van der Waals surface area contributed by atoms with Crippen LogP contribution in [0.5, 0.6) is 5.75 Å². The summed E-state index contributed by atoms with van der Waals surface area (Å²) in [7, 11) is 0. The summed E-state index contributed by atoms with van der Waals surface area (Å²) in [6.45, 7) is 2.13. The van der Waals surface area contributed by atoms with E-state index in [9.17, 15) is 30.7 Å². The van der Waals surface area contributed by atoms with E-state index in [4.69, 9.17) is 0 Å². The van der Waals surface area contributed by atoms with Crippen LogP contribution in [0.3, 0.4) is 0 Å². The van der Waals surface area contributed by atoms with Crippen molar-refractivity contribution in [3.05, 3.63) is 113 Å². The zero-order valence-electron chi connectivity index (χ0n) is 20.3. The monoisotopic (exact) mass is 532 g/mol. The molecule has 198 valence electrons. The Bertz CT molecular complexity index is 1410.